The molecule has 178 valence electrons. The van der Waals surface area contributed by atoms with Crippen LogP contribution in [0.4, 0.5) is 0 Å². The largest absolute Gasteiger partial charge is 0.493 e. The molecule has 0 unspecified atom stereocenters. The van der Waals surface area contributed by atoms with Crippen molar-refractivity contribution in [2.75, 3.05) is 0 Å². The number of rotatable bonds is 8. The maximum absolute atomic E-state index is 13.7. The molecule has 0 saturated heterocycles. The molecular formula is C26H25N5O4. The Bertz CT molecular complexity index is 1520. The molecule has 9 heteroatoms. The van der Waals surface area contributed by atoms with Crippen LogP contribution in [-0.2, 0) is 12.8 Å². The lowest BCUT2D eigenvalue weighted by Crippen LogP contribution is -2.30. The quantitative estimate of drug-likeness (QED) is 0.346. The van der Waals surface area contributed by atoms with E-state index < -0.39 is 11.4 Å². The summed E-state index contributed by atoms with van der Waals surface area (Å²) in [4.78, 5) is 18.1. The molecule has 0 saturated carbocycles. The summed E-state index contributed by atoms with van der Waals surface area (Å²) in [6.45, 7) is 4.00. The van der Waals surface area contributed by atoms with Gasteiger partial charge in [0.05, 0.1) is 12.5 Å². The summed E-state index contributed by atoms with van der Waals surface area (Å²) in [7, 11) is 0. The zero-order valence-corrected chi connectivity index (χ0v) is 19.5. The second-order valence-electron chi connectivity index (χ2n) is 8.40. The van der Waals surface area contributed by atoms with Gasteiger partial charge < -0.3 is 14.0 Å². The number of para-hydroxylation sites is 1. The van der Waals surface area contributed by atoms with Crippen LogP contribution in [0.5, 0.6) is 5.88 Å². The van der Waals surface area contributed by atoms with Crippen LogP contribution in [0.15, 0.2) is 68.3 Å². The first-order valence-electron chi connectivity index (χ1n) is 11.6. The van der Waals surface area contributed by atoms with Gasteiger partial charge in [0.25, 0.3) is 11.4 Å². The van der Waals surface area contributed by atoms with Gasteiger partial charge >= 0.3 is 0 Å². The Kier molecular flexibility index (Phi) is 6.13. The molecule has 0 spiro atoms. The second-order valence-corrected chi connectivity index (χ2v) is 8.40. The van der Waals surface area contributed by atoms with E-state index in [1.54, 1.807) is 4.57 Å². The fraction of sp³-hybridized carbons (Fsp3) is 0.269. The van der Waals surface area contributed by atoms with Crippen molar-refractivity contribution in [1.29, 1.82) is 0 Å². The van der Waals surface area contributed by atoms with Crippen LogP contribution in [0, 0.1) is 0 Å². The molecule has 9 nitrogen and oxygen atoms in total. The zero-order valence-electron chi connectivity index (χ0n) is 19.5. The first kappa shape index (κ1) is 22.5. The van der Waals surface area contributed by atoms with E-state index in [1.165, 1.54) is 0 Å². The number of fused-ring (bicyclic) bond motifs is 1. The number of aryl methyl sites for hydroxylation is 1. The topological polar surface area (TPSA) is 120 Å². The summed E-state index contributed by atoms with van der Waals surface area (Å²) >= 11 is 0. The number of aromatic hydroxyl groups is 1. The van der Waals surface area contributed by atoms with E-state index in [0.29, 0.717) is 23.5 Å². The van der Waals surface area contributed by atoms with Crippen molar-refractivity contribution >= 4 is 11.0 Å². The lowest BCUT2D eigenvalue weighted by atomic mass is 10.1. The Labute approximate surface area is 201 Å². The van der Waals surface area contributed by atoms with Gasteiger partial charge in [-0.25, -0.2) is 0 Å². The zero-order chi connectivity index (χ0) is 24.4. The molecule has 1 N–H and O–H groups in total. The Morgan fingerprint density at radius 3 is 2.63 bits per heavy atom. The summed E-state index contributed by atoms with van der Waals surface area (Å²) in [5.74, 6) is 0.261. The smallest absolute Gasteiger partial charge is 0.270 e. The number of nitrogens with zero attached hydrogens (tertiary/aromatic N) is 5. The van der Waals surface area contributed by atoms with Crippen LogP contribution in [0.25, 0.3) is 22.4 Å². The lowest BCUT2D eigenvalue weighted by Gasteiger charge is -2.20. The van der Waals surface area contributed by atoms with Gasteiger partial charge in [0.1, 0.15) is 11.5 Å². The minimum absolute atomic E-state index is 0.0844. The molecule has 0 bridgehead atoms. The van der Waals surface area contributed by atoms with E-state index in [4.69, 9.17) is 8.94 Å². The van der Waals surface area contributed by atoms with Gasteiger partial charge in [0, 0.05) is 11.8 Å². The summed E-state index contributed by atoms with van der Waals surface area (Å²) in [5, 5.41) is 23.8. The fourth-order valence-electron chi connectivity index (χ4n) is 4.18. The predicted molar refractivity (Wildman–Crippen MR) is 129 cm³/mol. The van der Waals surface area contributed by atoms with Crippen molar-refractivity contribution in [2.45, 2.75) is 45.6 Å². The predicted octanol–water partition coefficient (Wildman–Crippen LogP) is 4.68. The second kappa shape index (κ2) is 9.54. The van der Waals surface area contributed by atoms with E-state index in [-0.39, 0.29) is 29.8 Å². The van der Waals surface area contributed by atoms with E-state index in [2.05, 4.69) is 27.3 Å². The Morgan fingerprint density at radius 2 is 1.83 bits per heavy atom. The van der Waals surface area contributed by atoms with Gasteiger partial charge in [0.2, 0.25) is 11.8 Å². The number of aromatic nitrogens is 5. The van der Waals surface area contributed by atoms with Crippen LogP contribution in [-0.4, -0.2) is 30.0 Å². The third-order valence-electron chi connectivity index (χ3n) is 6.04. The molecule has 0 aliphatic carbocycles. The molecule has 0 fully saturated rings. The van der Waals surface area contributed by atoms with Gasteiger partial charge in [-0.15, -0.1) is 10.2 Å². The third kappa shape index (κ3) is 4.32. The standard InChI is InChI=1S/C26H25N5O4/c1-3-4-14-21-27-24(32)23(26(33)31(21)16(2)17-10-6-5-7-11-17)25-29-28-22(34-25)15-19-18-12-8-9-13-20(18)35-30-19/h5-13,16,32H,3-4,14-15H2,1-2H3/t16-/m0/s1. The fourth-order valence-corrected chi connectivity index (χ4v) is 4.18. The molecule has 35 heavy (non-hydrogen) atoms. The highest BCUT2D eigenvalue weighted by molar-refractivity contribution is 5.79. The third-order valence-corrected chi connectivity index (χ3v) is 6.04. The van der Waals surface area contributed by atoms with Crippen LogP contribution in [0.2, 0.25) is 0 Å². The maximum atomic E-state index is 13.7. The highest BCUT2D eigenvalue weighted by Gasteiger charge is 2.25. The van der Waals surface area contributed by atoms with E-state index in [0.717, 1.165) is 23.8 Å². The van der Waals surface area contributed by atoms with Crippen LogP contribution in [0.3, 0.4) is 0 Å². The monoisotopic (exact) mass is 471 g/mol. The van der Waals surface area contributed by atoms with E-state index in [1.807, 2.05) is 61.5 Å². The number of benzene rings is 2. The van der Waals surface area contributed by atoms with Crippen LogP contribution in [0.1, 0.15) is 55.7 Å². The molecule has 3 heterocycles. The van der Waals surface area contributed by atoms with Gasteiger partial charge in [-0.2, -0.15) is 4.98 Å². The average Bonchev–Trinajstić information content (AvgIpc) is 3.50. The average molecular weight is 472 g/mol. The SMILES string of the molecule is CCCCc1nc(O)c(-c2nnc(Cc3noc4ccccc34)o2)c(=O)n1[C@@H](C)c1ccccc1. The maximum Gasteiger partial charge on any atom is 0.270 e. The minimum Gasteiger partial charge on any atom is -0.493 e. The van der Waals surface area contributed by atoms with Crippen LogP contribution < -0.4 is 5.56 Å². The molecule has 2 aromatic carbocycles. The summed E-state index contributed by atoms with van der Waals surface area (Å²) in [6, 6.07) is 16.9. The highest BCUT2D eigenvalue weighted by Crippen LogP contribution is 2.28. The van der Waals surface area contributed by atoms with Crippen molar-refractivity contribution in [2.24, 2.45) is 0 Å². The number of unbranched alkanes of at least 4 members (excludes halogenated alkanes) is 1. The lowest BCUT2D eigenvalue weighted by molar-refractivity contribution is 0.429. The Hall–Kier alpha value is -4.27. The van der Waals surface area contributed by atoms with Gasteiger partial charge in [-0.1, -0.05) is 61.0 Å². The Balaban J connectivity index is 1.55. The van der Waals surface area contributed by atoms with Crippen molar-refractivity contribution in [3.63, 3.8) is 0 Å². The first-order chi connectivity index (χ1) is 17.1. The van der Waals surface area contributed by atoms with Crippen molar-refractivity contribution in [3.8, 4) is 17.3 Å². The Morgan fingerprint density at radius 1 is 1.06 bits per heavy atom. The van der Waals surface area contributed by atoms with E-state index in [9.17, 15) is 9.90 Å². The van der Waals surface area contributed by atoms with Gasteiger partial charge in [0.15, 0.2) is 11.1 Å². The normalized spacial score (nSPS) is 12.3. The van der Waals surface area contributed by atoms with Crippen molar-refractivity contribution in [1.82, 2.24) is 24.9 Å². The molecule has 5 aromatic rings. The number of hydrogen-bond donors (Lipinski definition) is 1. The van der Waals surface area contributed by atoms with Gasteiger partial charge in [-0.3, -0.25) is 9.36 Å². The molecular weight excluding hydrogens is 446 g/mol. The molecule has 1 atom stereocenters. The summed E-state index contributed by atoms with van der Waals surface area (Å²) < 4.78 is 12.7. The summed E-state index contributed by atoms with van der Waals surface area (Å²) in [5.41, 5.74) is 1.71. The van der Waals surface area contributed by atoms with Crippen LogP contribution >= 0.6 is 0 Å². The molecule has 5 rings (SSSR count). The van der Waals surface area contributed by atoms with Gasteiger partial charge in [-0.05, 0) is 31.0 Å². The van der Waals surface area contributed by atoms with Crippen molar-refractivity contribution < 1.29 is 14.0 Å². The first-order valence-corrected chi connectivity index (χ1v) is 11.6. The molecule has 0 aliphatic rings. The molecule has 3 aromatic heterocycles. The van der Waals surface area contributed by atoms with Crippen molar-refractivity contribution in [3.05, 3.63) is 87.9 Å². The van der Waals surface area contributed by atoms with E-state index >= 15 is 0 Å². The molecule has 0 amide bonds. The highest BCUT2D eigenvalue weighted by atomic mass is 16.5. The molecule has 0 aliphatic heterocycles. The molecule has 0 radical (unpaired) electrons. The minimum atomic E-state index is -0.429. The number of hydrogen-bond acceptors (Lipinski definition) is 8. The summed E-state index contributed by atoms with van der Waals surface area (Å²) in [6.07, 6.45) is 2.55.